The van der Waals surface area contributed by atoms with Crippen molar-refractivity contribution in [1.29, 1.82) is 0 Å². The van der Waals surface area contributed by atoms with E-state index in [-0.39, 0.29) is 24.3 Å². The minimum atomic E-state index is -0.956. The second kappa shape index (κ2) is 6.01. The minimum absolute atomic E-state index is 0.0146. The van der Waals surface area contributed by atoms with E-state index in [1.807, 2.05) is 0 Å². The molecule has 2 atom stereocenters. The number of imide groups is 1. The quantitative estimate of drug-likeness (QED) is 0.625. The summed E-state index contributed by atoms with van der Waals surface area (Å²) in [5, 5.41) is 4.94. The Hall–Kier alpha value is -1.63. The Balaban J connectivity index is 2.08. The van der Waals surface area contributed by atoms with Crippen molar-refractivity contribution in [3.63, 3.8) is 0 Å². The molecule has 1 spiro atoms. The molecule has 2 saturated heterocycles. The Morgan fingerprint density at radius 1 is 1.43 bits per heavy atom. The molecule has 0 aromatic heterocycles. The van der Waals surface area contributed by atoms with Gasteiger partial charge in [0, 0.05) is 13.1 Å². The van der Waals surface area contributed by atoms with Crippen molar-refractivity contribution in [3.05, 3.63) is 0 Å². The van der Waals surface area contributed by atoms with E-state index >= 15 is 0 Å². The number of nitrogens with two attached hydrogens (primary N) is 1. The predicted molar refractivity (Wildman–Crippen MR) is 77.2 cm³/mol. The van der Waals surface area contributed by atoms with Gasteiger partial charge >= 0.3 is 6.03 Å². The topological polar surface area (TPSA) is 105 Å². The molecule has 7 nitrogen and oxygen atoms in total. The average Bonchev–Trinajstić information content (AvgIpc) is 2.69. The molecule has 2 aliphatic rings. The minimum Gasteiger partial charge on any atom is -0.340 e. The summed E-state index contributed by atoms with van der Waals surface area (Å²) in [6, 6.07) is -0.480. The third kappa shape index (κ3) is 3.18. The predicted octanol–water partition coefficient (Wildman–Crippen LogP) is -0.192. The maximum Gasteiger partial charge on any atom is 0.322 e. The van der Waals surface area contributed by atoms with E-state index in [4.69, 9.17) is 5.73 Å². The van der Waals surface area contributed by atoms with E-state index in [0.29, 0.717) is 31.8 Å². The van der Waals surface area contributed by atoms with Gasteiger partial charge in [-0.3, -0.25) is 14.9 Å². The number of hydrogen-bond donors (Lipinski definition) is 3. The second-order valence-corrected chi connectivity index (χ2v) is 6.42. The van der Waals surface area contributed by atoms with Crippen molar-refractivity contribution >= 4 is 17.8 Å². The third-order valence-electron chi connectivity index (χ3n) is 4.21. The molecule has 21 heavy (non-hydrogen) atoms. The molecule has 118 valence electrons. The number of piperidine rings is 1. The van der Waals surface area contributed by atoms with Crippen molar-refractivity contribution in [2.75, 3.05) is 19.6 Å². The van der Waals surface area contributed by atoms with Crippen LogP contribution in [-0.4, -0.2) is 47.9 Å². The zero-order valence-electron chi connectivity index (χ0n) is 12.6. The lowest BCUT2D eigenvalue weighted by atomic mass is 9.87. The summed E-state index contributed by atoms with van der Waals surface area (Å²) in [5.74, 6) is -0.187. The molecule has 0 aromatic rings. The highest BCUT2D eigenvalue weighted by Crippen LogP contribution is 2.26. The van der Waals surface area contributed by atoms with Gasteiger partial charge < -0.3 is 16.0 Å². The van der Waals surface area contributed by atoms with Crippen molar-refractivity contribution in [2.45, 2.75) is 38.6 Å². The fourth-order valence-electron chi connectivity index (χ4n) is 3.18. The molecular formula is C14H24N4O3. The van der Waals surface area contributed by atoms with Gasteiger partial charge in [-0.05, 0) is 25.2 Å². The number of likely N-dealkylation sites (tertiary alicyclic amines) is 1. The van der Waals surface area contributed by atoms with Crippen LogP contribution in [0.2, 0.25) is 0 Å². The molecule has 2 unspecified atom stereocenters. The normalized spacial score (nSPS) is 27.0. The Bertz CT molecular complexity index is 452. The molecule has 2 heterocycles. The Labute approximate surface area is 124 Å². The number of rotatable bonds is 4. The summed E-state index contributed by atoms with van der Waals surface area (Å²) < 4.78 is 0. The van der Waals surface area contributed by atoms with Gasteiger partial charge in [-0.2, -0.15) is 0 Å². The number of nitrogens with zero attached hydrogens (tertiary/aromatic N) is 1. The van der Waals surface area contributed by atoms with Crippen LogP contribution in [0.3, 0.4) is 0 Å². The highest BCUT2D eigenvalue weighted by Gasteiger charge is 2.49. The van der Waals surface area contributed by atoms with Crippen LogP contribution in [0.5, 0.6) is 0 Å². The van der Waals surface area contributed by atoms with E-state index in [0.717, 1.165) is 6.42 Å². The van der Waals surface area contributed by atoms with Crippen LogP contribution in [0, 0.1) is 11.8 Å². The first-order valence-corrected chi connectivity index (χ1v) is 7.50. The van der Waals surface area contributed by atoms with Crippen LogP contribution in [-0.2, 0) is 9.59 Å². The zero-order valence-corrected chi connectivity index (χ0v) is 12.6. The number of carbonyl (C=O) groups is 3. The molecule has 4 N–H and O–H groups in total. The smallest absolute Gasteiger partial charge is 0.322 e. The summed E-state index contributed by atoms with van der Waals surface area (Å²) in [6.45, 7) is 5.26. The highest BCUT2D eigenvalue weighted by atomic mass is 16.2. The van der Waals surface area contributed by atoms with Crippen LogP contribution < -0.4 is 16.4 Å². The van der Waals surface area contributed by atoms with Crippen LogP contribution in [0.1, 0.15) is 33.1 Å². The monoisotopic (exact) mass is 296 g/mol. The molecule has 7 heteroatoms. The standard InChI is InChI=1S/C14H24N4O3/c1-9(2)6-10(7-15)11(19)18-5-3-4-14(8-18)12(20)16-13(21)17-14/h9-10H,3-8,15H2,1-2H3,(H2,16,17,20,21). The van der Waals surface area contributed by atoms with E-state index in [1.165, 1.54) is 0 Å². The number of nitrogens with one attached hydrogen (secondary N) is 2. The lowest BCUT2D eigenvalue weighted by Crippen LogP contribution is -2.60. The fourth-order valence-corrected chi connectivity index (χ4v) is 3.18. The first-order chi connectivity index (χ1) is 9.88. The number of carbonyl (C=O) groups excluding carboxylic acids is 3. The van der Waals surface area contributed by atoms with Crippen molar-refractivity contribution in [2.24, 2.45) is 17.6 Å². The Kier molecular flexibility index (Phi) is 4.51. The second-order valence-electron chi connectivity index (χ2n) is 6.42. The van der Waals surface area contributed by atoms with Gasteiger partial charge in [-0.1, -0.05) is 13.8 Å². The number of hydrogen-bond acceptors (Lipinski definition) is 4. The summed E-state index contributed by atoms with van der Waals surface area (Å²) >= 11 is 0. The molecule has 0 saturated carbocycles. The van der Waals surface area contributed by atoms with E-state index in [1.54, 1.807) is 4.90 Å². The van der Waals surface area contributed by atoms with Gasteiger partial charge in [0.2, 0.25) is 5.91 Å². The maximum absolute atomic E-state index is 12.6. The molecular weight excluding hydrogens is 272 g/mol. The summed E-state index contributed by atoms with van der Waals surface area (Å²) in [6.07, 6.45) is 1.99. The van der Waals surface area contributed by atoms with Crippen LogP contribution in [0.25, 0.3) is 0 Å². The summed E-state index contributed by atoms with van der Waals surface area (Å²) in [5.41, 5.74) is 4.77. The molecule has 0 aromatic carbocycles. The van der Waals surface area contributed by atoms with Crippen LogP contribution in [0.4, 0.5) is 4.79 Å². The lowest BCUT2D eigenvalue weighted by molar-refractivity contribution is -0.140. The first kappa shape index (κ1) is 15.8. The molecule has 4 amide bonds. The van der Waals surface area contributed by atoms with E-state index in [9.17, 15) is 14.4 Å². The highest BCUT2D eigenvalue weighted by molar-refractivity contribution is 6.07. The van der Waals surface area contributed by atoms with Crippen molar-refractivity contribution < 1.29 is 14.4 Å². The SMILES string of the molecule is CC(C)CC(CN)C(=O)N1CCCC2(C1)NC(=O)NC2=O. The van der Waals surface area contributed by atoms with Crippen LogP contribution >= 0.6 is 0 Å². The lowest BCUT2D eigenvalue weighted by Gasteiger charge is -2.39. The fraction of sp³-hybridized carbons (Fsp3) is 0.786. The molecule has 0 radical (unpaired) electrons. The molecule has 0 aliphatic carbocycles. The average molecular weight is 296 g/mol. The van der Waals surface area contributed by atoms with E-state index < -0.39 is 11.6 Å². The van der Waals surface area contributed by atoms with Crippen molar-refractivity contribution in [3.8, 4) is 0 Å². The third-order valence-corrected chi connectivity index (χ3v) is 4.21. The molecule has 2 rings (SSSR count). The maximum atomic E-state index is 12.6. The Morgan fingerprint density at radius 2 is 2.14 bits per heavy atom. The summed E-state index contributed by atoms with van der Waals surface area (Å²) in [4.78, 5) is 37.6. The van der Waals surface area contributed by atoms with Gasteiger partial charge in [0.05, 0.1) is 12.5 Å². The van der Waals surface area contributed by atoms with Gasteiger partial charge in [0.25, 0.3) is 5.91 Å². The van der Waals surface area contributed by atoms with Crippen LogP contribution in [0.15, 0.2) is 0 Å². The van der Waals surface area contributed by atoms with Gasteiger partial charge in [-0.15, -0.1) is 0 Å². The van der Waals surface area contributed by atoms with Gasteiger partial charge in [0.15, 0.2) is 0 Å². The zero-order chi connectivity index (χ0) is 15.6. The molecule has 0 bridgehead atoms. The van der Waals surface area contributed by atoms with Gasteiger partial charge in [-0.25, -0.2) is 4.79 Å². The Morgan fingerprint density at radius 3 is 2.67 bits per heavy atom. The molecule has 2 fully saturated rings. The van der Waals surface area contributed by atoms with Gasteiger partial charge in [0.1, 0.15) is 5.54 Å². The number of amides is 4. The largest absolute Gasteiger partial charge is 0.340 e. The van der Waals surface area contributed by atoms with E-state index in [2.05, 4.69) is 24.5 Å². The first-order valence-electron chi connectivity index (χ1n) is 7.50. The van der Waals surface area contributed by atoms with Crippen molar-refractivity contribution in [1.82, 2.24) is 15.5 Å². The number of urea groups is 1. The molecule has 2 aliphatic heterocycles. The summed E-state index contributed by atoms with van der Waals surface area (Å²) in [7, 11) is 0.